The summed E-state index contributed by atoms with van der Waals surface area (Å²) in [7, 11) is -5.48. The molecule has 0 rings (SSSR count). The number of alkyl halides is 3. The molecule has 0 aromatic carbocycles. The Kier molecular flexibility index (Phi) is 3.75. The summed E-state index contributed by atoms with van der Waals surface area (Å²) in [4.78, 5) is 10.5. The van der Waals surface area contributed by atoms with E-state index >= 15 is 0 Å². The van der Waals surface area contributed by atoms with Gasteiger partial charge in [-0.25, -0.2) is 13.1 Å². The lowest BCUT2D eigenvalue weighted by Crippen LogP contribution is -2.43. The molecular formula is C6H10F3NO4S. The minimum absolute atomic E-state index is 0.829. The number of hydrogen-bond donors (Lipinski definition) is 2. The van der Waals surface area contributed by atoms with Crippen molar-refractivity contribution in [1.82, 2.24) is 4.72 Å². The van der Waals surface area contributed by atoms with Crippen LogP contribution in [0.4, 0.5) is 13.2 Å². The SMILES string of the molecule is CC(C)(CNS(=O)(=O)C(F)(F)F)C(=O)O. The molecule has 0 saturated carbocycles. The first-order valence-corrected chi connectivity index (χ1v) is 5.18. The molecule has 0 aromatic heterocycles. The molecule has 0 fully saturated rings. The van der Waals surface area contributed by atoms with Crippen LogP contribution in [0.15, 0.2) is 0 Å². The van der Waals surface area contributed by atoms with E-state index in [1.54, 1.807) is 0 Å². The number of carboxylic acids is 1. The predicted octanol–water partition coefficient (Wildman–Crippen LogP) is 0.536. The fraction of sp³-hybridized carbons (Fsp3) is 0.833. The number of carboxylic acid groups (broad SMARTS) is 1. The maximum atomic E-state index is 11.8. The van der Waals surface area contributed by atoms with Crippen molar-refractivity contribution in [3.8, 4) is 0 Å². The van der Waals surface area contributed by atoms with Crippen LogP contribution in [0.25, 0.3) is 0 Å². The molecule has 2 N–H and O–H groups in total. The molecule has 0 spiro atoms. The fourth-order valence-electron chi connectivity index (χ4n) is 0.433. The van der Waals surface area contributed by atoms with Crippen LogP contribution in [0, 0.1) is 5.41 Å². The molecule has 15 heavy (non-hydrogen) atoms. The molecule has 0 unspecified atom stereocenters. The van der Waals surface area contributed by atoms with Gasteiger partial charge in [0.05, 0.1) is 5.41 Å². The molecule has 0 aliphatic carbocycles. The highest BCUT2D eigenvalue weighted by Crippen LogP contribution is 2.23. The first-order chi connectivity index (χ1) is 6.40. The van der Waals surface area contributed by atoms with E-state index in [1.165, 1.54) is 4.72 Å². The molecule has 0 aliphatic rings. The van der Waals surface area contributed by atoms with Gasteiger partial charge < -0.3 is 5.11 Å². The van der Waals surface area contributed by atoms with Gasteiger partial charge in [0.2, 0.25) is 0 Å². The molecule has 0 radical (unpaired) electrons. The molecule has 0 amide bonds. The smallest absolute Gasteiger partial charge is 0.481 e. The molecule has 5 nitrogen and oxygen atoms in total. The Bertz CT molecular complexity index is 346. The third-order valence-electron chi connectivity index (χ3n) is 1.59. The third kappa shape index (κ3) is 3.67. The van der Waals surface area contributed by atoms with Crippen molar-refractivity contribution < 1.29 is 31.5 Å². The van der Waals surface area contributed by atoms with E-state index in [1.807, 2.05) is 0 Å². The minimum atomic E-state index is -5.48. The minimum Gasteiger partial charge on any atom is -0.481 e. The molecule has 0 heterocycles. The number of aliphatic carboxylic acids is 1. The van der Waals surface area contributed by atoms with Gasteiger partial charge in [0.15, 0.2) is 0 Å². The topological polar surface area (TPSA) is 83.5 Å². The molecule has 0 aromatic rings. The summed E-state index contributed by atoms with van der Waals surface area (Å²) in [6, 6.07) is 0. The molecular weight excluding hydrogens is 239 g/mol. The van der Waals surface area contributed by atoms with Crippen LogP contribution in [0.2, 0.25) is 0 Å². The molecule has 9 heteroatoms. The lowest BCUT2D eigenvalue weighted by molar-refractivity contribution is -0.146. The van der Waals surface area contributed by atoms with E-state index in [9.17, 15) is 26.4 Å². The summed E-state index contributed by atoms with van der Waals surface area (Å²) in [6.45, 7) is 1.38. The second-order valence-corrected chi connectivity index (χ2v) is 5.22. The summed E-state index contributed by atoms with van der Waals surface area (Å²) < 4.78 is 57.6. The maximum Gasteiger partial charge on any atom is 0.511 e. The predicted molar refractivity (Wildman–Crippen MR) is 44.4 cm³/mol. The number of sulfonamides is 1. The number of carbonyl (C=O) groups is 1. The first kappa shape index (κ1) is 14.2. The van der Waals surface area contributed by atoms with E-state index in [0.29, 0.717) is 0 Å². The zero-order chi connectivity index (χ0) is 12.5. The zero-order valence-corrected chi connectivity index (χ0v) is 8.74. The van der Waals surface area contributed by atoms with Crippen molar-refractivity contribution in [2.45, 2.75) is 19.4 Å². The average Bonchev–Trinajstić information content (AvgIpc) is 1.99. The van der Waals surface area contributed by atoms with Gasteiger partial charge in [0, 0.05) is 6.54 Å². The van der Waals surface area contributed by atoms with Gasteiger partial charge >= 0.3 is 21.5 Å². The Hall–Kier alpha value is -0.830. The Morgan fingerprint density at radius 2 is 1.73 bits per heavy atom. The summed E-state index contributed by atoms with van der Waals surface area (Å²) >= 11 is 0. The van der Waals surface area contributed by atoms with E-state index < -0.39 is 33.5 Å². The van der Waals surface area contributed by atoms with Gasteiger partial charge in [-0.05, 0) is 13.8 Å². The molecule has 0 aliphatic heterocycles. The van der Waals surface area contributed by atoms with Crippen LogP contribution >= 0.6 is 0 Å². The van der Waals surface area contributed by atoms with Crippen LogP contribution < -0.4 is 4.72 Å². The van der Waals surface area contributed by atoms with Gasteiger partial charge in [-0.3, -0.25) is 4.79 Å². The van der Waals surface area contributed by atoms with Crippen LogP contribution in [-0.2, 0) is 14.8 Å². The number of halogens is 3. The summed E-state index contributed by atoms with van der Waals surface area (Å²) in [5.41, 5.74) is -7.03. The number of rotatable bonds is 4. The van der Waals surface area contributed by atoms with Gasteiger partial charge in [0.25, 0.3) is 0 Å². The van der Waals surface area contributed by atoms with Crippen LogP contribution in [0.3, 0.4) is 0 Å². The summed E-state index contributed by atoms with van der Waals surface area (Å²) in [5.74, 6) is -1.40. The average molecular weight is 249 g/mol. The maximum absolute atomic E-state index is 11.8. The van der Waals surface area contributed by atoms with Gasteiger partial charge in [-0.1, -0.05) is 0 Å². The zero-order valence-electron chi connectivity index (χ0n) is 7.92. The second kappa shape index (κ2) is 3.97. The van der Waals surface area contributed by atoms with E-state index in [4.69, 9.17) is 5.11 Å². The Morgan fingerprint density at radius 1 is 1.33 bits per heavy atom. The number of hydrogen-bond acceptors (Lipinski definition) is 3. The third-order valence-corrected chi connectivity index (χ3v) is 2.72. The van der Waals surface area contributed by atoms with E-state index in [0.717, 1.165) is 13.8 Å². The highest BCUT2D eigenvalue weighted by molar-refractivity contribution is 7.90. The monoisotopic (exact) mass is 249 g/mol. The molecule has 0 saturated heterocycles. The fourth-order valence-corrected chi connectivity index (χ4v) is 1.15. The van der Waals surface area contributed by atoms with E-state index in [-0.39, 0.29) is 0 Å². The Morgan fingerprint density at radius 3 is 2.00 bits per heavy atom. The van der Waals surface area contributed by atoms with Crippen molar-refractivity contribution in [3.63, 3.8) is 0 Å². The lowest BCUT2D eigenvalue weighted by atomic mass is 9.95. The second-order valence-electron chi connectivity index (χ2n) is 3.46. The van der Waals surface area contributed by atoms with Crippen molar-refractivity contribution in [1.29, 1.82) is 0 Å². The van der Waals surface area contributed by atoms with Gasteiger partial charge in [-0.15, -0.1) is 0 Å². The Balaban J connectivity index is 4.62. The highest BCUT2D eigenvalue weighted by Gasteiger charge is 2.46. The molecule has 0 bridgehead atoms. The van der Waals surface area contributed by atoms with Crippen molar-refractivity contribution >= 4 is 16.0 Å². The van der Waals surface area contributed by atoms with Crippen LogP contribution in [0.5, 0.6) is 0 Å². The normalized spacial score (nSPS) is 13.9. The largest absolute Gasteiger partial charge is 0.511 e. The van der Waals surface area contributed by atoms with Crippen molar-refractivity contribution in [2.75, 3.05) is 6.54 Å². The summed E-state index contributed by atoms with van der Waals surface area (Å²) in [6.07, 6.45) is 0. The lowest BCUT2D eigenvalue weighted by Gasteiger charge is -2.19. The Labute approximate surface area is 84.3 Å². The molecule has 0 atom stereocenters. The molecule has 90 valence electrons. The first-order valence-electron chi connectivity index (χ1n) is 3.69. The number of nitrogens with one attached hydrogen (secondary N) is 1. The van der Waals surface area contributed by atoms with Crippen LogP contribution in [0.1, 0.15) is 13.8 Å². The van der Waals surface area contributed by atoms with Crippen LogP contribution in [-0.4, -0.2) is 31.5 Å². The van der Waals surface area contributed by atoms with E-state index in [2.05, 4.69) is 0 Å². The van der Waals surface area contributed by atoms with Gasteiger partial charge in [0.1, 0.15) is 0 Å². The van der Waals surface area contributed by atoms with Crippen molar-refractivity contribution in [2.24, 2.45) is 5.41 Å². The standard InChI is InChI=1S/C6H10F3NO4S/c1-5(2,4(11)12)3-10-15(13,14)6(7,8)9/h10H,3H2,1-2H3,(H,11,12). The van der Waals surface area contributed by atoms with Crippen molar-refractivity contribution in [3.05, 3.63) is 0 Å². The highest BCUT2D eigenvalue weighted by atomic mass is 32.2. The quantitative estimate of drug-likeness (QED) is 0.761. The summed E-state index contributed by atoms with van der Waals surface area (Å²) in [5, 5.41) is 8.52. The van der Waals surface area contributed by atoms with Gasteiger partial charge in [-0.2, -0.15) is 13.2 Å².